The van der Waals surface area contributed by atoms with Gasteiger partial charge in [-0.2, -0.15) is 0 Å². The summed E-state index contributed by atoms with van der Waals surface area (Å²) in [6.07, 6.45) is 2.90. The van der Waals surface area contributed by atoms with Gasteiger partial charge in [0, 0.05) is 19.4 Å². The third-order valence-electron chi connectivity index (χ3n) is 1.76. The van der Waals surface area contributed by atoms with Crippen molar-refractivity contribution in [2.24, 2.45) is 0 Å². The third kappa shape index (κ3) is 5.12. The normalized spacial score (nSPS) is 11.1. The summed E-state index contributed by atoms with van der Waals surface area (Å²) in [5, 5.41) is 0. The highest BCUT2D eigenvalue weighted by atomic mass is 79.9. The van der Waals surface area contributed by atoms with Crippen molar-refractivity contribution in [3.05, 3.63) is 22.7 Å². The summed E-state index contributed by atoms with van der Waals surface area (Å²) in [5.41, 5.74) is -0.494. The molecule has 0 saturated carbocycles. The van der Waals surface area contributed by atoms with Crippen molar-refractivity contribution < 1.29 is 9.53 Å². The van der Waals surface area contributed by atoms with Crippen LogP contribution in [0.1, 0.15) is 26.6 Å². The molecule has 0 unspecified atom stereocenters. The molecule has 0 fully saturated rings. The fourth-order valence-corrected chi connectivity index (χ4v) is 1.24. The molecule has 0 saturated heterocycles. The van der Waals surface area contributed by atoms with Gasteiger partial charge in [0.25, 0.3) is 0 Å². The van der Waals surface area contributed by atoms with Crippen LogP contribution in [0.25, 0.3) is 0 Å². The summed E-state index contributed by atoms with van der Waals surface area (Å²) in [4.78, 5) is 21.3. The second-order valence-corrected chi connectivity index (χ2v) is 5.57. The van der Waals surface area contributed by atoms with Gasteiger partial charge < -0.3 is 9.64 Å². The summed E-state index contributed by atoms with van der Waals surface area (Å²) in [5.74, 6) is 0.571. The maximum absolute atomic E-state index is 11.7. The molecule has 0 atom stereocenters. The van der Waals surface area contributed by atoms with Crippen LogP contribution in [0.5, 0.6) is 0 Å². The number of halogens is 1. The van der Waals surface area contributed by atoms with E-state index in [1.165, 1.54) is 4.90 Å². The molecule has 94 valence electrons. The Balaban J connectivity index is 2.57. The standard InChI is InChI=1S/C11H16BrN3O2/c1-11(2,3)17-10(16)15(4)7-9-13-5-8(12)6-14-9/h5-6H,7H2,1-4H3. The lowest BCUT2D eigenvalue weighted by atomic mass is 10.2. The van der Waals surface area contributed by atoms with Crippen LogP contribution in [-0.4, -0.2) is 33.6 Å². The fourth-order valence-electron chi connectivity index (χ4n) is 1.04. The van der Waals surface area contributed by atoms with Crippen LogP contribution in [0.4, 0.5) is 4.79 Å². The van der Waals surface area contributed by atoms with E-state index in [1.807, 2.05) is 20.8 Å². The number of rotatable bonds is 2. The minimum Gasteiger partial charge on any atom is -0.444 e. The largest absolute Gasteiger partial charge is 0.444 e. The molecule has 0 bridgehead atoms. The topological polar surface area (TPSA) is 55.3 Å². The van der Waals surface area contributed by atoms with Gasteiger partial charge in [-0.05, 0) is 36.7 Å². The number of hydrogen-bond donors (Lipinski definition) is 0. The molecule has 0 aromatic carbocycles. The second-order valence-electron chi connectivity index (χ2n) is 4.65. The second kappa shape index (κ2) is 5.44. The van der Waals surface area contributed by atoms with Crippen LogP contribution in [-0.2, 0) is 11.3 Å². The van der Waals surface area contributed by atoms with E-state index < -0.39 is 5.60 Å². The smallest absolute Gasteiger partial charge is 0.410 e. The average molecular weight is 302 g/mol. The SMILES string of the molecule is CN(Cc1ncc(Br)cn1)C(=O)OC(C)(C)C. The van der Waals surface area contributed by atoms with Gasteiger partial charge in [0.1, 0.15) is 11.4 Å². The lowest BCUT2D eigenvalue weighted by Crippen LogP contribution is -2.34. The van der Waals surface area contributed by atoms with Crippen molar-refractivity contribution in [2.45, 2.75) is 32.9 Å². The van der Waals surface area contributed by atoms with Gasteiger partial charge in [0.2, 0.25) is 0 Å². The quantitative estimate of drug-likeness (QED) is 0.842. The Morgan fingerprint density at radius 3 is 2.41 bits per heavy atom. The first-order chi connectivity index (χ1) is 7.78. The van der Waals surface area contributed by atoms with E-state index in [9.17, 15) is 4.79 Å². The number of carbonyl (C=O) groups is 1. The van der Waals surface area contributed by atoms with Crippen molar-refractivity contribution in [1.82, 2.24) is 14.9 Å². The Bertz CT molecular complexity index is 387. The Labute approximate surface area is 109 Å². The predicted octanol–water partition coefficient (Wildman–Crippen LogP) is 2.61. The number of ether oxygens (including phenoxy) is 1. The van der Waals surface area contributed by atoms with E-state index in [2.05, 4.69) is 25.9 Å². The van der Waals surface area contributed by atoms with Crippen molar-refractivity contribution in [2.75, 3.05) is 7.05 Å². The lowest BCUT2D eigenvalue weighted by molar-refractivity contribution is 0.0281. The molecule has 1 amide bonds. The van der Waals surface area contributed by atoms with Gasteiger partial charge in [-0.15, -0.1) is 0 Å². The van der Waals surface area contributed by atoms with E-state index >= 15 is 0 Å². The monoisotopic (exact) mass is 301 g/mol. The van der Waals surface area contributed by atoms with Gasteiger partial charge in [0.15, 0.2) is 0 Å². The molecular weight excluding hydrogens is 286 g/mol. The summed E-state index contributed by atoms with van der Waals surface area (Å²) in [6, 6.07) is 0. The molecule has 1 aromatic rings. The highest BCUT2D eigenvalue weighted by molar-refractivity contribution is 9.10. The molecule has 0 aliphatic rings. The third-order valence-corrected chi connectivity index (χ3v) is 2.17. The number of amides is 1. The summed E-state index contributed by atoms with van der Waals surface area (Å²) in [6.45, 7) is 5.81. The Hall–Kier alpha value is -1.17. The summed E-state index contributed by atoms with van der Waals surface area (Å²) < 4.78 is 6.02. The molecular formula is C11H16BrN3O2. The minimum atomic E-state index is -0.494. The maximum Gasteiger partial charge on any atom is 0.410 e. The number of hydrogen-bond acceptors (Lipinski definition) is 4. The first kappa shape index (κ1) is 13.9. The predicted molar refractivity (Wildman–Crippen MR) is 67.4 cm³/mol. The number of nitrogens with zero attached hydrogens (tertiary/aromatic N) is 3. The molecule has 0 aliphatic heterocycles. The Morgan fingerprint density at radius 1 is 1.41 bits per heavy atom. The molecule has 1 rings (SSSR count). The zero-order valence-electron chi connectivity index (χ0n) is 10.4. The Kier molecular flexibility index (Phi) is 4.45. The molecule has 0 spiro atoms. The van der Waals surface area contributed by atoms with E-state index in [-0.39, 0.29) is 6.09 Å². The molecule has 0 N–H and O–H groups in total. The van der Waals surface area contributed by atoms with E-state index in [4.69, 9.17) is 4.74 Å². The first-order valence-corrected chi connectivity index (χ1v) is 5.98. The zero-order valence-corrected chi connectivity index (χ0v) is 12.0. The molecule has 17 heavy (non-hydrogen) atoms. The number of carbonyl (C=O) groups excluding carboxylic acids is 1. The van der Waals surface area contributed by atoms with E-state index in [1.54, 1.807) is 19.4 Å². The minimum absolute atomic E-state index is 0.322. The highest BCUT2D eigenvalue weighted by Gasteiger charge is 2.20. The van der Waals surface area contributed by atoms with E-state index in [0.29, 0.717) is 12.4 Å². The summed E-state index contributed by atoms with van der Waals surface area (Å²) in [7, 11) is 1.65. The van der Waals surface area contributed by atoms with Crippen molar-refractivity contribution in [3.8, 4) is 0 Å². The van der Waals surface area contributed by atoms with Crippen LogP contribution < -0.4 is 0 Å². The fraction of sp³-hybridized carbons (Fsp3) is 0.545. The van der Waals surface area contributed by atoms with Gasteiger partial charge in [-0.25, -0.2) is 14.8 Å². The Morgan fingerprint density at radius 2 is 1.94 bits per heavy atom. The van der Waals surface area contributed by atoms with Gasteiger partial charge in [0.05, 0.1) is 11.0 Å². The van der Waals surface area contributed by atoms with Gasteiger partial charge in [-0.1, -0.05) is 0 Å². The van der Waals surface area contributed by atoms with Crippen molar-refractivity contribution in [3.63, 3.8) is 0 Å². The molecule has 5 nitrogen and oxygen atoms in total. The molecule has 6 heteroatoms. The molecule has 0 radical (unpaired) electrons. The van der Waals surface area contributed by atoms with E-state index in [0.717, 1.165) is 4.47 Å². The van der Waals surface area contributed by atoms with Crippen LogP contribution in [0.3, 0.4) is 0 Å². The van der Waals surface area contributed by atoms with Crippen LogP contribution in [0.2, 0.25) is 0 Å². The molecule has 1 heterocycles. The zero-order chi connectivity index (χ0) is 13.1. The molecule has 1 aromatic heterocycles. The van der Waals surface area contributed by atoms with Crippen LogP contribution in [0, 0.1) is 0 Å². The highest BCUT2D eigenvalue weighted by Crippen LogP contribution is 2.10. The molecule has 0 aliphatic carbocycles. The van der Waals surface area contributed by atoms with Crippen LogP contribution >= 0.6 is 15.9 Å². The van der Waals surface area contributed by atoms with Crippen LogP contribution in [0.15, 0.2) is 16.9 Å². The van der Waals surface area contributed by atoms with Crippen molar-refractivity contribution >= 4 is 22.0 Å². The van der Waals surface area contributed by atoms with Crippen molar-refractivity contribution in [1.29, 1.82) is 0 Å². The lowest BCUT2D eigenvalue weighted by Gasteiger charge is -2.24. The van der Waals surface area contributed by atoms with Gasteiger partial charge >= 0.3 is 6.09 Å². The van der Waals surface area contributed by atoms with Gasteiger partial charge in [-0.3, -0.25) is 0 Å². The summed E-state index contributed by atoms with van der Waals surface area (Å²) >= 11 is 3.25. The maximum atomic E-state index is 11.7. The average Bonchev–Trinajstić information content (AvgIpc) is 2.19. The number of aromatic nitrogens is 2. The first-order valence-electron chi connectivity index (χ1n) is 5.18.